The van der Waals surface area contributed by atoms with Crippen LogP contribution in [0, 0.1) is 11.8 Å². The van der Waals surface area contributed by atoms with Gasteiger partial charge >= 0.3 is 0 Å². The lowest BCUT2D eigenvalue weighted by Gasteiger charge is -2.34. The number of fused-ring (bicyclic) bond motifs is 1. The monoisotopic (exact) mass is 689 g/mol. The molecule has 246 valence electrons. The van der Waals surface area contributed by atoms with Crippen molar-refractivity contribution in [2.45, 2.75) is 26.1 Å². The van der Waals surface area contributed by atoms with Crippen LogP contribution in [0.2, 0.25) is 10.0 Å². The van der Waals surface area contributed by atoms with Gasteiger partial charge in [-0.25, -0.2) is 9.97 Å². The number of carbonyl (C=O) groups excluding carboxylic acids is 2. The summed E-state index contributed by atoms with van der Waals surface area (Å²) < 4.78 is 9.96. The van der Waals surface area contributed by atoms with E-state index in [2.05, 4.69) is 37.1 Å². The minimum absolute atomic E-state index is 0.00921. The molecule has 0 spiro atoms. The van der Waals surface area contributed by atoms with E-state index in [1.807, 2.05) is 6.92 Å². The minimum Gasteiger partial charge on any atom is -0.506 e. The summed E-state index contributed by atoms with van der Waals surface area (Å²) in [5, 5.41) is 17.5. The Bertz CT molecular complexity index is 2200. The largest absolute Gasteiger partial charge is 0.506 e. The van der Waals surface area contributed by atoms with Gasteiger partial charge in [0.1, 0.15) is 30.1 Å². The van der Waals surface area contributed by atoms with E-state index in [1.54, 1.807) is 36.4 Å². The quantitative estimate of drug-likeness (QED) is 0.217. The van der Waals surface area contributed by atoms with Crippen molar-refractivity contribution >= 4 is 57.6 Å². The van der Waals surface area contributed by atoms with Gasteiger partial charge < -0.3 is 30.4 Å². The first-order valence-electron chi connectivity index (χ1n) is 14.7. The van der Waals surface area contributed by atoms with Crippen LogP contribution in [0.1, 0.15) is 22.8 Å². The summed E-state index contributed by atoms with van der Waals surface area (Å²) in [7, 11) is 1.77. The maximum Gasteiger partial charge on any atom is 0.264 e. The number of pyridine rings is 1. The average Bonchev–Trinajstić information content (AvgIpc) is 3.64. The summed E-state index contributed by atoms with van der Waals surface area (Å²) in [6, 6.07) is 4.51. The number of nitrogens with one attached hydrogen (secondary N) is 1. The third kappa shape index (κ3) is 6.56. The van der Waals surface area contributed by atoms with E-state index in [-0.39, 0.29) is 45.8 Å². The Labute approximate surface area is 283 Å². The number of anilines is 2. The van der Waals surface area contributed by atoms with E-state index in [1.165, 1.54) is 33.8 Å². The highest BCUT2D eigenvalue weighted by molar-refractivity contribution is 6.34. The standard InChI is InChI=1S/C32H29Cl2N9O5/c1-18-16-48-7-6-43(18)26-10-25(24(34)12-36-26)39-27(44)15-42-14-22(20-8-21(30(35)46)29(45)23(33)9-20)28-31(42)37-17-41(32(28)47)5-3-4-19-11-38-40(2)13-19/h8-14,17-18,45H,5-7,15-16H2,1-2H3,(H2,35,46)(H,36,39,44)/t18-/m0/s1. The number of aryl methyl sites for hydroxylation is 1. The Balaban J connectivity index is 1.37. The molecule has 5 aromatic rings. The van der Waals surface area contributed by atoms with Gasteiger partial charge in [-0.15, -0.1) is 0 Å². The molecule has 1 fully saturated rings. The summed E-state index contributed by atoms with van der Waals surface area (Å²) in [6.45, 7) is 3.51. The van der Waals surface area contributed by atoms with Crippen LogP contribution in [-0.4, -0.2) is 71.6 Å². The number of amides is 2. The fourth-order valence-electron chi connectivity index (χ4n) is 5.41. The van der Waals surface area contributed by atoms with E-state index in [4.69, 9.17) is 33.7 Å². The smallest absolute Gasteiger partial charge is 0.264 e. The van der Waals surface area contributed by atoms with Crippen molar-refractivity contribution in [1.29, 1.82) is 0 Å². The van der Waals surface area contributed by atoms with Gasteiger partial charge in [0.15, 0.2) is 0 Å². The Morgan fingerprint density at radius 3 is 2.69 bits per heavy atom. The van der Waals surface area contributed by atoms with Gasteiger partial charge in [-0.2, -0.15) is 5.10 Å². The molecule has 1 aromatic carbocycles. The molecule has 6 rings (SSSR count). The number of nitrogens with two attached hydrogens (primary N) is 1. The lowest BCUT2D eigenvalue weighted by molar-refractivity contribution is -0.116. The Morgan fingerprint density at radius 2 is 1.96 bits per heavy atom. The number of hydrogen-bond acceptors (Lipinski definition) is 9. The second kappa shape index (κ2) is 13.4. The van der Waals surface area contributed by atoms with Gasteiger partial charge in [-0.05, 0) is 24.6 Å². The molecule has 1 aliphatic heterocycles. The molecule has 5 heterocycles. The number of phenols is 1. The third-order valence-corrected chi connectivity index (χ3v) is 8.35. The molecule has 1 atom stereocenters. The molecule has 14 nitrogen and oxygen atoms in total. The maximum absolute atomic E-state index is 13.9. The molecule has 0 radical (unpaired) electrons. The molecule has 0 saturated carbocycles. The molecule has 0 unspecified atom stereocenters. The number of morpholine rings is 1. The fraction of sp³-hybridized carbons (Fsp3) is 0.250. The van der Waals surface area contributed by atoms with Crippen LogP contribution in [0.4, 0.5) is 11.5 Å². The van der Waals surface area contributed by atoms with Gasteiger partial charge in [0.05, 0.1) is 70.4 Å². The summed E-state index contributed by atoms with van der Waals surface area (Å²) in [5.41, 5.74) is 6.63. The molecule has 16 heteroatoms. The van der Waals surface area contributed by atoms with Crippen molar-refractivity contribution < 1.29 is 19.4 Å². The Kier molecular flexibility index (Phi) is 9.09. The third-order valence-electron chi connectivity index (χ3n) is 7.76. The van der Waals surface area contributed by atoms with Crippen molar-refractivity contribution in [2.24, 2.45) is 12.8 Å². The lowest BCUT2D eigenvalue weighted by atomic mass is 10.0. The molecular weight excluding hydrogens is 661 g/mol. The number of nitrogens with zero attached hydrogens (tertiary/aromatic N) is 7. The summed E-state index contributed by atoms with van der Waals surface area (Å²) in [5.74, 6) is 4.68. The molecule has 0 bridgehead atoms. The van der Waals surface area contributed by atoms with Crippen molar-refractivity contribution in [2.75, 3.05) is 30.0 Å². The molecule has 2 amide bonds. The van der Waals surface area contributed by atoms with Gasteiger partial charge in [-0.1, -0.05) is 35.0 Å². The van der Waals surface area contributed by atoms with Crippen LogP contribution in [0.3, 0.4) is 0 Å². The first kappa shape index (κ1) is 32.6. The second-order valence-corrected chi connectivity index (χ2v) is 12.0. The first-order chi connectivity index (χ1) is 23.0. The molecular formula is C32H29Cl2N9O5. The number of primary amides is 1. The van der Waals surface area contributed by atoms with Gasteiger partial charge in [0.25, 0.3) is 11.5 Å². The molecule has 1 aliphatic rings. The molecule has 48 heavy (non-hydrogen) atoms. The molecule has 0 aliphatic carbocycles. The van der Waals surface area contributed by atoms with Crippen molar-refractivity contribution in [3.05, 3.63) is 80.8 Å². The summed E-state index contributed by atoms with van der Waals surface area (Å²) >= 11 is 12.7. The van der Waals surface area contributed by atoms with Crippen molar-refractivity contribution in [3.63, 3.8) is 0 Å². The number of aromatic nitrogens is 6. The van der Waals surface area contributed by atoms with E-state index in [0.29, 0.717) is 48.0 Å². The Hall–Kier alpha value is -5.36. The molecule has 4 N–H and O–H groups in total. The van der Waals surface area contributed by atoms with Gasteiger partial charge in [0, 0.05) is 37.6 Å². The van der Waals surface area contributed by atoms with E-state index < -0.39 is 23.1 Å². The number of hydrogen-bond donors (Lipinski definition) is 3. The highest BCUT2D eigenvalue weighted by Gasteiger charge is 2.23. The predicted octanol–water partition coefficient (Wildman–Crippen LogP) is 3.02. The van der Waals surface area contributed by atoms with Crippen LogP contribution in [0.15, 0.2) is 54.1 Å². The number of aromatic hydroxyl groups is 1. The van der Waals surface area contributed by atoms with E-state index >= 15 is 0 Å². The van der Waals surface area contributed by atoms with E-state index in [0.717, 1.165) is 0 Å². The van der Waals surface area contributed by atoms with Crippen LogP contribution >= 0.6 is 23.2 Å². The lowest BCUT2D eigenvalue weighted by Crippen LogP contribution is -2.44. The second-order valence-electron chi connectivity index (χ2n) is 11.2. The average molecular weight is 691 g/mol. The zero-order valence-corrected chi connectivity index (χ0v) is 27.3. The highest BCUT2D eigenvalue weighted by Crippen LogP contribution is 2.36. The van der Waals surface area contributed by atoms with Crippen LogP contribution < -0.4 is 21.5 Å². The van der Waals surface area contributed by atoms with Crippen LogP contribution in [0.5, 0.6) is 5.75 Å². The first-order valence-corrected chi connectivity index (χ1v) is 15.4. The Morgan fingerprint density at radius 1 is 1.15 bits per heavy atom. The number of carbonyl (C=O) groups is 2. The van der Waals surface area contributed by atoms with Gasteiger partial charge in [0.2, 0.25) is 5.91 Å². The zero-order chi connectivity index (χ0) is 34.1. The van der Waals surface area contributed by atoms with E-state index in [9.17, 15) is 19.5 Å². The number of ether oxygens (including phenoxy) is 1. The molecule has 1 saturated heterocycles. The van der Waals surface area contributed by atoms with Crippen molar-refractivity contribution in [3.8, 4) is 28.7 Å². The fourth-order valence-corrected chi connectivity index (χ4v) is 5.78. The number of rotatable bonds is 7. The topological polar surface area (TPSA) is 175 Å². The number of benzene rings is 1. The van der Waals surface area contributed by atoms with Crippen molar-refractivity contribution in [1.82, 2.24) is 28.9 Å². The van der Waals surface area contributed by atoms with Gasteiger partial charge in [-0.3, -0.25) is 23.6 Å². The summed E-state index contributed by atoms with van der Waals surface area (Å²) in [6.07, 6.45) is 7.72. The van der Waals surface area contributed by atoms with Crippen LogP contribution in [-0.2, 0) is 29.7 Å². The number of halogens is 2. The predicted molar refractivity (Wildman–Crippen MR) is 180 cm³/mol. The zero-order valence-electron chi connectivity index (χ0n) is 25.8. The maximum atomic E-state index is 13.9. The highest BCUT2D eigenvalue weighted by atomic mass is 35.5. The normalized spacial score (nSPS) is 14.5. The van der Waals surface area contributed by atoms with Crippen LogP contribution in [0.25, 0.3) is 22.2 Å². The summed E-state index contributed by atoms with van der Waals surface area (Å²) in [4.78, 5) is 50.5. The minimum atomic E-state index is -0.916. The SMILES string of the molecule is C[C@H]1COCCN1c1cc(NC(=O)Cn2cc(-c3cc(Cl)c(O)c(C(N)=O)c3)c3c(=O)n(CC#Cc4cnn(C)c4)cnc32)c(Cl)cn1. The molecule has 4 aromatic heterocycles.